The van der Waals surface area contributed by atoms with Crippen molar-refractivity contribution in [1.82, 2.24) is 10.1 Å². The van der Waals surface area contributed by atoms with Crippen LogP contribution in [0, 0.1) is 5.41 Å². The summed E-state index contributed by atoms with van der Waals surface area (Å²) in [6.07, 6.45) is 6.62. The lowest BCUT2D eigenvalue weighted by atomic mass is 9.73. The Bertz CT molecular complexity index is 391. The molecular formula is C15H26N2O2. The van der Waals surface area contributed by atoms with Crippen LogP contribution in [0.5, 0.6) is 0 Å². The van der Waals surface area contributed by atoms with Gasteiger partial charge in [-0.25, -0.2) is 0 Å². The fourth-order valence-corrected chi connectivity index (χ4v) is 2.81. The van der Waals surface area contributed by atoms with Crippen molar-refractivity contribution in [1.29, 1.82) is 0 Å². The van der Waals surface area contributed by atoms with Gasteiger partial charge >= 0.3 is 0 Å². The summed E-state index contributed by atoms with van der Waals surface area (Å²) in [4.78, 5) is 4.47. The van der Waals surface area contributed by atoms with Gasteiger partial charge in [-0.15, -0.1) is 0 Å². The van der Waals surface area contributed by atoms with Gasteiger partial charge in [0.05, 0.1) is 12.5 Å². The number of aromatic nitrogens is 2. The fraction of sp³-hybridized carbons (Fsp3) is 0.867. The highest BCUT2D eigenvalue weighted by molar-refractivity contribution is 4.99. The zero-order valence-corrected chi connectivity index (χ0v) is 12.4. The Hall–Kier alpha value is -0.900. The molecule has 0 aromatic carbocycles. The first-order valence-corrected chi connectivity index (χ1v) is 7.51. The maximum absolute atomic E-state index is 9.76. The van der Waals surface area contributed by atoms with E-state index < -0.39 is 0 Å². The summed E-state index contributed by atoms with van der Waals surface area (Å²) in [5.74, 6) is 1.86. The molecule has 4 nitrogen and oxygen atoms in total. The Morgan fingerprint density at radius 2 is 2.05 bits per heavy atom. The summed E-state index contributed by atoms with van der Waals surface area (Å²) in [7, 11) is 0. The molecule has 19 heavy (non-hydrogen) atoms. The van der Waals surface area contributed by atoms with Crippen molar-refractivity contribution in [2.75, 3.05) is 0 Å². The molecule has 1 aliphatic rings. The number of aliphatic hydroxyl groups is 1. The molecule has 0 aliphatic heterocycles. The molecule has 0 radical (unpaired) electrons. The van der Waals surface area contributed by atoms with Gasteiger partial charge in [0.1, 0.15) is 0 Å². The molecule has 108 valence electrons. The van der Waals surface area contributed by atoms with E-state index in [1.54, 1.807) is 0 Å². The lowest BCUT2D eigenvalue weighted by molar-refractivity contribution is 0.151. The first-order chi connectivity index (χ1) is 9.00. The van der Waals surface area contributed by atoms with E-state index in [1.165, 1.54) is 12.8 Å². The highest BCUT2D eigenvalue weighted by Gasteiger charge is 2.30. The maximum Gasteiger partial charge on any atom is 0.229 e. The zero-order valence-electron chi connectivity index (χ0n) is 12.4. The Morgan fingerprint density at radius 1 is 1.37 bits per heavy atom. The van der Waals surface area contributed by atoms with Crippen molar-refractivity contribution in [3.63, 3.8) is 0 Å². The first-order valence-electron chi connectivity index (χ1n) is 7.51. The van der Waals surface area contributed by atoms with Crippen LogP contribution in [0.15, 0.2) is 4.52 Å². The smallest absolute Gasteiger partial charge is 0.229 e. The number of rotatable bonds is 5. The summed E-state index contributed by atoms with van der Waals surface area (Å²) in [6.45, 7) is 6.71. The van der Waals surface area contributed by atoms with Crippen LogP contribution < -0.4 is 0 Å². The molecule has 1 N–H and O–H groups in total. The van der Waals surface area contributed by atoms with Crippen molar-refractivity contribution in [2.24, 2.45) is 5.41 Å². The van der Waals surface area contributed by atoms with E-state index in [-0.39, 0.29) is 6.10 Å². The Balaban J connectivity index is 1.90. The number of nitrogens with zero attached hydrogens (tertiary/aromatic N) is 2. The van der Waals surface area contributed by atoms with Gasteiger partial charge < -0.3 is 9.63 Å². The summed E-state index contributed by atoms with van der Waals surface area (Å²) >= 11 is 0. The largest absolute Gasteiger partial charge is 0.393 e. The number of aliphatic hydroxyl groups excluding tert-OH is 1. The van der Waals surface area contributed by atoms with Crippen molar-refractivity contribution < 1.29 is 9.63 Å². The average Bonchev–Trinajstić information content (AvgIpc) is 2.77. The Kier molecular flexibility index (Phi) is 4.61. The maximum atomic E-state index is 9.76. The number of hydrogen-bond acceptors (Lipinski definition) is 4. The predicted molar refractivity (Wildman–Crippen MR) is 73.9 cm³/mol. The van der Waals surface area contributed by atoms with Crippen LogP contribution in [0.4, 0.5) is 0 Å². The van der Waals surface area contributed by atoms with E-state index in [0.29, 0.717) is 23.6 Å². The molecule has 4 heteroatoms. The second-order valence-electron chi connectivity index (χ2n) is 6.63. The van der Waals surface area contributed by atoms with Gasteiger partial charge in [0.2, 0.25) is 5.89 Å². The van der Waals surface area contributed by atoms with Gasteiger partial charge in [-0.3, -0.25) is 0 Å². The first kappa shape index (κ1) is 14.5. The van der Waals surface area contributed by atoms with Gasteiger partial charge in [0.15, 0.2) is 5.82 Å². The van der Waals surface area contributed by atoms with Crippen molar-refractivity contribution >= 4 is 0 Å². The normalized spacial score (nSPS) is 21.5. The standard InChI is InChI=1S/C15H26N2O2/c1-4-5-12(18)10-13-16-14(17-19-13)11-6-8-15(2,3)9-7-11/h11-12,18H,4-10H2,1-3H3. The second-order valence-corrected chi connectivity index (χ2v) is 6.63. The third kappa shape index (κ3) is 4.03. The van der Waals surface area contributed by atoms with Crippen LogP contribution in [-0.4, -0.2) is 21.4 Å². The van der Waals surface area contributed by atoms with Crippen LogP contribution in [0.3, 0.4) is 0 Å². The summed E-state index contributed by atoms with van der Waals surface area (Å²) < 4.78 is 5.27. The van der Waals surface area contributed by atoms with Crippen LogP contribution in [0.2, 0.25) is 0 Å². The number of hydrogen-bond donors (Lipinski definition) is 1. The molecule has 0 saturated heterocycles. The van der Waals surface area contributed by atoms with E-state index in [1.807, 2.05) is 0 Å². The van der Waals surface area contributed by atoms with Crippen LogP contribution in [0.25, 0.3) is 0 Å². The van der Waals surface area contributed by atoms with E-state index in [2.05, 4.69) is 30.9 Å². The van der Waals surface area contributed by atoms with Crippen molar-refractivity contribution in [3.05, 3.63) is 11.7 Å². The van der Waals surface area contributed by atoms with Crippen molar-refractivity contribution in [3.8, 4) is 0 Å². The lowest BCUT2D eigenvalue weighted by Crippen LogP contribution is -2.20. The molecule has 1 fully saturated rings. The van der Waals surface area contributed by atoms with Gasteiger partial charge in [-0.05, 0) is 37.5 Å². The minimum Gasteiger partial charge on any atom is -0.393 e. The quantitative estimate of drug-likeness (QED) is 0.886. The van der Waals surface area contributed by atoms with Crippen LogP contribution in [-0.2, 0) is 6.42 Å². The van der Waals surface area contributed by atoms with Gasteiger partial charge in [-0.1, -0.05) is 32.3 Å². The van der Waals surface area contributed by atoms with Crippen LogP contribution >= 0.6 is 0 Å². The molecule has 0 amide bonds. The van der Waals surface area contributed by atoms with E-state index in [0.717, 1.165) is 31.5 Å². The van der Waals surface area contributed by atoms with E-state index in [4.69, 9.17) is 4.52 Å². The molecule has 1 atom stereocenters. The monoisotopic (exact) mass is 266 g/mol. The molecule has 1 aromatic rings. The molecule has 1 aromatic heterocycles. The average molecular weight is 266 g/mol. The van der Waals surface area contributed by atoms with Gasteiger partial charge in [0, 0.05) is 5.92 Å². The molecule has 1 saturated carbocycles. The Morgan fingerprint density at radius 3 is 2.68 bits per heavy atom. The molecule has 0 spiro atoms. The molecule has 2 rings (SSSR count). The SMILES string of the molecule is CCCC(O)Cc1nc(C2CCC(C)(C)CC2)no1. The summed E-state index contributed by atoms with van der Waals surface area (Å²) in [5.41, 5.74) is 0.459. The molecule has 1 aliphatic carbocycles. The highest BCUT2D eigenvalue weighted by atomic mass is 16.5. The zero-order chi connectivity index (χ0) is 13.9. The second kappa shape index (κ2) is 6.04. The minimum absolute atomic E-state index is 0.358. The molecule has 0 bridgehead atoms. The summed E-state index contributed by atoms with van der Waals surface area (Å²) in [5, 5.41) is 13.9. The van der Waals surface area contributed by atoms with E-state index in [9.17, 15) is 5.11 Å². The third-order valence-electron chi connectivity index (χ3n) is 4.22. The van der Waals surface area contributed by atoms with Crippen molar-refractivity contribution in [2.45, 2.75) is 77.7 Å². The van der Waals surface area contributed by atoms with Gasteiger partial charge in [-0.2, -0.15) is 4.98 Å². The fourth-order valence-electron chi connectivity index (χ4n) is 2.81. The minimum atomic E-state index is -0.358. The Labute approximate surface area is 115 Å². The highest BCUT2D eigenvalue weighted by Crippen LogP contribution is 2.41. The summed E-state index contributed by atoms with van der Waals surface area (Å²) in [6, 6.07) is 0. The molecule has 1 unspecified atom stereocenters. The lowest BCUT2D eigenvalue weighted by Gasteiger charge is -2.32. The molecule has 1 heterocycles. The van der Waals surface area contributed by atoms with Gasteiger partial charge in [0.25, 0.3) is 0 Å². The van der Waals surface area contributed by atoms with E-state index >= 15 is 0 Å². The molecular weight excluding hydrogens is 240 g/mol. The van der Waals surface area contributed by atoms with Crippen LogP contribution in [0.1, 0.15) is 76.9 Å². The topological polar surface area (TPSA) is 59.2 Å². The third-order valence-corrected chi connectivity index (χ3v) is 4.22. The predicted octanol–water partition coefficient (Wildman–Crippen LogP) is 3.46.